The maximum Gasteiger partial charge on any atom is 0.471 e. The summed E-state index contributed by atoms with van der Waals surface area (Å²) in [6.45, 7) is 5.36. The van der Waals surface area contributed by atoms with Gasteiger partial charge in [0.2, 0.25) is 5.91 Å². The van der Waals surface area contributed by atoms with Crippen molar-refractivity contribution in [1.29, 1.82) is 0 Å². The number of hydrogen-bond acceptors (Lipinski definition) is 7. The number of carbonyl (C=O) groups is 2. The fraction of sp³-hybridized carbons (Fsp3) is 0.600. The Morgan fingerprint density at radius 3 is 2.21 bits per heavy atom. The van der Waals surface area contributed by atoms with E-state index in [1.165, 1.54) is 38.8 Å². The number of ether oxygens (including phenoxy) is 2. The molecule has 4 saturated heterocycles. The van der Waals surface area contributed by atoms with Crippen molar-refractivity contribution in [2.75, 3.05) is 39.3 Å². The van der Waals surface area contributed by atoms with Gasteiger partial charge in [-0.15, -0.1) is 0 Å². The van der Waals surface area contributed by atoms with Crippen LogP contribution in [-0.2, 0) is 32.2 Å². The van der Waals surface area contributed by atoms with E-state index in [9.17, 15) is 27.9 Å². The summed E-state index contributed by atoms with van der Waals surface area (Å²) in [4.78, 5) is 30.3. The number of halogens is 3. The first-order valence-corrected chi connectivity index (χ1v) is 16.9. The lowest BCUT2D eigenvalue weighted by Crippen LogP contribution is -2.50. The van der Waals surface area contributed by atoms with Crippen LogP contribution in [0.2, 0.25) is 0 Å². The molecule has 2 N–H and O–H groups in total. The highest BCUT2D eigenvalue weighted by molar-refractivity contribution is 5.90. The number of nitrogens with zero attached hydrogens (tertiary/aromatic N) is 3. The van der Waals surface area contributed by atoms with Gasteiger partial charge in [0.25, 0.3) is 0 Å². The highest BCUT2D eigenvalue weighted by Crippen LogP contribution is 2.39. The molecule has 5 unspecified atom stereocenters. The average molecular weight is 659 g/mol. The molecule has 2 aromatic rings. The van der Waals surface area contributed by atoms with Crippen LogP contribution in [0.1, 0.15) is 79.6 Å². The van der Waals surface area contributed by atoms with Crippen LogP contribution in [0.15, 0.2) is 48.5 Å². The zero-order chi connectivity index (χ0) is 33.0. The van der Waals surface area contributed by atoms with Crippen LogP contribution in [0.4, 0.5) is 13.2 Å². The second kappa shape index (κ2) is 15.0. The largest absolute Gasteiger partial charge is 0.471 e. The van der Waals surface area contributed by atoms with Crippen LogP contribution in [0.25, 0.3) is 0 Å². The van der Waals surface area contributed by atoms with E-state index in [0.717, 1.165) is 41.9 Å². The van der Waals surface area contributed by atoms with E-state index >= 15 is 0 Å². The molecule has 2 aromatic carbocycles. The molecule has 4 heterocycles. The van der Waals surface area contributed by atoms with Gasteiger partial charge >= 0.3 is 12.1 Å². The molecule has 0 bridgehead atoms. The molecule has 12 heteroatoms. The molecule has 5 atom stereocenters. The summed E-state index contributed by atoms with van der Waals surface area (Å²) < 4.78 is 52.1. The highest BCUT2D eigenvalue weighted by atomic mass is 19.4. The van der Waals surface area contributed by atoms with E-state index in [1.807, 2.05) is 48.5 Å². The van der Waals surface area contributed by atoms with E-state index in [1.54, 1.807) is 0 Å². The van der Waals surface area contributed by atoms with Crippen LogP contribution in [0.3, 0.4) is 0 Å². The summed E-state index contributed by atoms with van der Waals surface area (Å²) >= 11 is 0. The lowest BCUT2D eigenvalue weighted by molar-refractivity contribution is -0.253. The Morgan fingerprint density at radius 1 is 0.830 bits per heavy atom. The molecule has 0 aromatic heterocycles. The third-order valence-corrected chi connectivity index (χ3v) is 10.00. The van der Waals surface area contributed by atoms with Gasteiger partial charge in [0.1, 0.15) is 6.04 Å². The predicted molar refractivity (Wildman–Crippen MR) is 168 cm³/mol. The average Bonchev–Trinajstić information content (AvgIpc) is 3.87. The summed E-state index contributed by atoms with van der Waals surface area (Å²) in [5.74, 6) is -2.56. The van der Waals surface area contributed by atoms with Crippen molar-refractivity contribution >= 4 is 11.8 Å². The number of carbonyl (C=O) groups excluding carboxylic acids is 2. The van der Waals surface area contributed by atoms with Crippen molar-refractivity contribution in [3.63, 3.8) is 0 Å². The number of likely N-dealkylation sites (tertiary alicyclic amines) is 3. The predicted octanol–water partition coefficient (Wildman–Crippen LogP) is 4.45. The molecule has 47 heavy (non-hydrogen) atoms. The van der Waals surface area contributed by atoms with Crippen molar-refractivity contribution in [3.05, 3.63) is 70.8 Å². The minimum absolute atomic E-state index is 0.0229. The minimum atomic E-state index is -5.01. The van der Waals surface area contributed by atoms with Gasteiger partial charge < -0.3 is 29.7 Å². The van der Waals surface area contributed by atoms with Crippen molar-refractivity contribution < 1.29 is 37.3 Å². The van der Waals surface area contributed by atoms with Gasteiger partial charge in [0, 0.05) is 44.2 Å². The molecular formula is C35H45F3N4O5. The summed E-state index contributed by atoms with van der Waals surface area (Å²) in [5, 5.41) is 12.2. The maximum atomic E-state index is 13.0. The van der Waals surface area contributed by atoms with Crippen molar-refractivity contribution in [2.45, 2.75) is 94.9 Å². The van der Waals surface area contributed by atoms with E-state index in [4.69, 9.17) is 9.47 Å². The third-order valence-electron chi connectivity index (χ3n) is 10.00. The first-order chi connectivity index (χ1) is 22.7. The number of nitrogens with one attached hydrogen (secondary N) is 1. The number of aliphatic hydroxyl groups excluding tert-OH is 1. The molecule has 0 saturated carbocycles. The molecule has 0 spiro atoms. The van der Waals surface area contributed by atoms with Gasteiger partial charge in [0.15, 0.2) is 6.29 Å². The number of benzene rings is 2. The van der Waals surface area contributed by atoms with E-state index in [2.05, 4.69) is 15.1 Å². The Labute approximate surface area is 274 Å². The number of aliphatic hydroxyl groups is 1. The monoisotopic (exact) mass is 658 g/mol. The standard InChI is InChI=1S/C35H45F3N4O5/c36-35(37,38)34(45)42-18-4-6-30(42)32(44)39-20-24-7-13-27(14-8-24)33-46-29(19-31(47-33)26-11-9-25(23-43)10-12-26)22-41-17-3-5-28(41)21-40-15-1-2-16-40/h7-14,28-31,33,43H,1-6,15-23H2,(H,39,44). The summed E-state index contributed by atoms with van der Waals surface area (Å²) in [6, 6.07) is 14.7. The van der Waals surface area contributed by atoms with Crippen molar-refractivity contribution in [2.24, 2.45) is 0 Å². The quantitative estimate of drug-likeness (QED) is 0.390. The molecule has 4 aliphatic heterocycles. The number of amides is 2. The molecule has 4 aliphatic rings. The van der Waals surface area contributed by atoms with Gasteiger partial charge in [-0.25, -0.2) is 0 Å². The molecule has 9 nitrogen and oxygen atoms in total. The fourth-order valence-corrected chi connectivity index (χ4v) is 7.44. The van der Waals surface area contributed by atoms with Gasteiger partial charge in [0.05, 0.1) is 18.8 Å². The maximum absolute atomic E-state index is 13.0. The van der Waals surface area contributed by atoms with Gasteiger partial charge in [-0.05, 0) is 74.8 Å². The molecule has 0 aliphatic carbocycles. The third kappa shape index (κ3) is 8.34. The summed E-state index contributed by atoms with van der Waals surface area (Å²) in [6.07, 6.45) is 0.334. The van der Waals surface area contributed by atoms with Crippen molar-refractivity contribution in [3.8, 4) is 0 Å². The van der Waals surface area contributed by atoms with Gasteiger partial charge in [-0.2, -0.15) is 13.2 Å². The van der Waals surface area contributed by atoms with E-state index in [0.29, 0.717) is 23.8 Å². The van der Waals surface area contributed by atoms with Crippen LogP contribution in [-0.4, -0.2) is 95.3 Å². The zero-order valence-corrected chi connectivity index (χ0v) is 26.7. The molecule has 4 fully saturated rings. The normalized spacial score (nSPS) is 27.4. The Balaban J connectivity index is 1.11. The topological polar surface area (TPSA) is 94.6 Å². The Kier molecular flexibility index (Phi) is 10.8. The van der Waals surface area contributed by atoms with Crippen LogP contribution in [0.5, 0.6) is 0 Å². The fourth-order valence-electron chi connectivity index (χ4n) is 7.44. The molecule has 6 rings (SSSR count). The first kappa shape index (κ1) is 33.9. The molecule has 0 radical (unpaired) electrons. The second-order valence-corrected chi connectivity index (χ2v) is 13.3. The smallest absolute Gasteiger partial charge is 0.392 e. The van der Waals surface area contributed by atoms with Crippen LogP contribution in [0, 0.1) is 0 Å². The first-order valence-electron chi connectivity index (χ1n) is 16.9. The molecular weight excluding hydrogens is 613 g/mol. The van der Waals surface area contributed by atoms with E-state index < -0.39 is 30.3 Å². The molecule has 2 amide bonds. The molecule has 256 valence electrons. The Morgan fingerprint density at radius 2 is 1.51 bits per heavy atom. The number of alkyl halides is 3. The SMILES string of the molecule is O=C(NCc1ccc(C2OC(CN3CCCC3CN3CCCC3)CC(c3ccc(CO)cc3)O2)cc1)C1CCCN1C(=O)C(F)(F)F. The summed E-state index contributed by atoms with van der Waals surface area (Å²) in [5.41, 5.74) is 3.46. The van der Waals surface area contributed by atoms with Crippen molar-refractivity contribution in [1.82, 2.24) is 20.0 Å². The summed E-state index contributed by atoms with van der Waals surface area (Å²) in [7, 11) is 0. The van der Waals surface area contributed by atoms with Crippen LogP contribution >= 0.6 is 0 Å². The lowest BCUT2D eigenvalue weighted by Gasteiger charge is -2.39. The zero-order valence-electron chi connectivity index (χ0n) is 26.7. The van der Waals surface area contributed by atoms with Gasteiger partial charge in [-0.1, -0.05) is 48.5 Å². The highest BCUT2D eigenvalue weighted by Gasteiger charge is 2.47. The Hall–Kier alpha value is -3.03. The second-order valence-electron chi connectivity index (χ2n) is 13.3. The number of hydrogen-bond donors (Lipinski definition) is 2. The van der Waals surface area contributed by atoms with E-state index in [-0.39, 0.29) is 38.3 Å². The Bertz CT molecular complexity index is 1350. The minimum Gasteiger partial charge on any atom is -0.392 e. The van der Waals surface area contributed by atoms with Gasteiger partial charge in [-0.3, -0.25) is 14.5 Å². The van der Waals surface area contributed by atoms with Crippen LogP contribution < -0.4 is 5.32 Å². The lowest BCUT2D eigenvalue weighted by atomic mass is 9.99. The number of rotatable bonds is 10.